The summed E-state index contributed by atoms with van der Waals surface area (Å²) < 4.78 is 1.69. The maximum Gasteiger partial charge on any atom is 0.238 e. The summed E-state index contributed by atoms with van der Waals surface area (Å²) in [4.78, 5) is 12.8. The molecule has 0 bridgehead atoms. The molecule has 4 rings (SSSR count). The molecule has 0 aliphatic heterocycles. The molecular weight excluding hydrogens is 346 g/mol. The first-order valence-corrected chi connectivity index (χ1v) is 9.46. The lowest BCUT2D eigenvalue weighted by atomic mass is 10.1. The summed E-state index contributed by atoms with van der Waals surface area (Å²) >= 11 is 1.37. The predicted octanol–water partition coefficient (Wildman–Crippen LogP) is 3.08. The van der Waals surface area contributed by atoms with E-state index in [0.717, 1.165) is 29.7 Å². The smallest absolute Gasteiger partial charge is 0.238 e. The molecule has 1 aliphatic rings. The number of aromatic nitrogens is 4. The second-order valence-electron chi connectivity index (χ2n) is 6.35. The van der Waals surface area contributed by atoms with Gasteiger partial charge in [0.25, 0.3) is 0 Å². The summed E-state index contributed by atoms with van der Waals surface area (Å²) in [5.41, 5.74) is 2.92. The molecule has 2 aromatic carbocycles. The van der Waals surface area contributed by atoms with E-state index in [0.29, 0.717) is 11.2 Å². The van der Waals surface area contributed by atoms with Crippen molar-refractivity contribution in [2.75, 3.05) is 0 Å². The van der Waals surface area contributed by atoms with Gasteiger partial charge >= 0.3 is 0 Å². The van der Waals surface area contributed by atoms with E-state index in [4.69, 9.17) is 0 Å². The fourth-order valence-electron chi connectivity index (χ4n) is 2.72. The molecule has 1 aliphatic carbocycles. The number of carbonyl (C=O) groups is 1. The van der Waals surface area contributed by atoms with Crippen LogP contribution in [0.5, 0.6) is 0 Å². The Balaban J connectivity index is 1.65. The molecule has 1 fully saturated rings. The highest BCUT2D eigenvalue weighted by atomic mass is 32.2. The summed E-state index contributed by atoms with van der Waals surface area (Å²) in [6.45, 7) is 2.01. The van der Waals surface area contributed by atoms with Crippen LogP contribution >= 0.6 is 11.8 Å². The zero-order chi connectivity index (χ0) is 17.9. The predicted molar refractivity (Wildman–Crippen MR) is 100 cm³/mol. The third-order valence-electron chi connectivity index (χ3n) is 4.27. The van der Waals surface area contributed by atoms with Crippen LogP contribution in [0.4, 0.5) is 0 Å². The lowest BCUT2D eigenvalue weighted by molar-refractivity contribution is -0.120. The van der Waals surface area contributed by atoms with Crippen LogP contribution in [-0.4, -0.2) is 32.2 Å². The van der Waals surface area contributed by atoms with Crippen molar-refractivity contribution >= 4 is 17.7 Å². The van der Waals surface area contributed by atoms with Gasteiger partial charge in [0.15, 0.2) is 0 Å². The van der Waals surface area contributed by atoms with Crippen molar-refractivity contribution in [2.24, 2.45) is 0 Å². The quantitative estimate of drug-likeness (QED) is 0.680. The third-order valence-corrected chi connectivity index (χ3v) is 5.46. The van der Waals surface area contributed by atoms with Crippen molar-refractivity contribution in [3.05, 3.63) is 65.7 Å². The van der Waals surface area contributed by atoms with Gasteiger partial charge in [0, 0.05) is 6.04 Å². The molecule has 3 aromatic rings. The van der Waals surface area contributed by atoms with Gasteiger partial charge in [0.05, 0.1) is 5.69 Å². The SMILES string of the molecule is Cc1ccccc1-n1nnnc1S[C@H](C(=O)NC1CC1)c1ccccc1. The first kappa shape index (κ1) is 16.8. The normalized spacial score (nSPS) is 14.8. The van der Waals surface area contributed by atoms with Gasteiger partial charge in [0.2, 0.25) is 11.1 Å². The van der Waals surface area contributed by atoms with Crippen LogP contribution in [0.15, 0.2) is 59.8 Å². The van der Waals surface area contributed by atoms with E-state index in [1.165, 1.54) is 11.8 Å². The summed E-state index contributed by atoms with van der Waals surface area (Å²) in [5, 5.41) is 15.4. The second kappa shape index (κ2) is 7.29. The Kier molecular flexibility index (Phi) is 4.71. The minimum absolute atomic E-state index is 0.00281. The van der Waals surface area contributed by atoms with Crippen molar-refractivity contribution in [1.29, 1.82) is 0 Å². The van der Waals surface area contributed by atoms with E-state index in [1.807, 2.05) is 61.5 Å². The minimum atomic E-state index is -0.398. The van der Waals surface area contributed by atoms with Crippen LogP contribution in [0.2, 0.25) is 0 Å². The first-order chi connectivity index (χ1) is 12.7. The largest absolute Gasteiger partial charge is 0.352 e. The molecule has 7 heteroatoms. The fraction of sp³-hybridized carbons (Fsp3) is 0.263. The molecule has 0 radical (unpaired) electrons. The maximum absolute atomic E-state index is 12.8. The maximum atomic E-state index is 12.8. The number of tetrazole rings is 1. The van der Waals surface area contributed by atoms with Crippen LogP contribution in [0.1, 0.15) is 29.2 Å². The lowest BCUT2D eigenvalue weighted by Gasteiger charge is -2.16. The molecule has 1 atom stereocenters. The van der Waals surface area contributed by atoms with Crippen molar-refractivity contribution in [3.8, 4) is 5.69 Å². The van der Waals surface area contributed by atoms with E-state index in [9.17, 15) is 4.79 Å². The lowest BCUT2D eigenvalue weighted by Crippen LogP contribution is -2.30. The number of nitrogens with zero attached hydrogens (tertiary/aromatic N) is 4. The first-order valence-electron chi connectivity index (χ1n) is 8.59. The summed E-state index contributed by atoms with van der Waals surface area (Å²) in [5.74, 6) is 0.00281. The highest BCUT2D eigenvalue weighted by Gasteiger charge is 2.30. The standard InChI is InChI=1S/C19H19N5OS/c1-13-7-5-6-10-16(13)24-19(21-22-23-24)26-17(14-8-3-2-4-9-14)18(25)20-15-11-12-15/h2-10,15,17H,11-12H2,1H3,(H,20,25)/t17-/m0/s1. The highest BCUT2D eigenvalue weighted by Crippen LogP contribution is 2.36. The molecule has 1 heterocycles. The average molecular weight is 365 g/mol. The zero-order valence-electron chi connectivity index (χ0n) is 14.4. The Morgan fingerprint density at radius 2 is 1.88 bits per heavy atom. The van der Waals surface area contributed by atoms with Gasteiger partial charge in [-0.25, -0.2) is 0 Å². The number of rotatable bonds is 6. The molecule has 1 aromatic heterocycles. The van der Waals surface area contributed by atoms with Crippen LogP contribution in [0, 0.1) is 6.92 Å². The van der Waals surface area contributed by atoms with E-state index in [-0.39, 0.29) is 5.91 Å². The molecule has 6 nitrogen and oxygen atoms in total. The number of benzene rings is 2. The van der Waals surface area contributed by atoms with Crippen LogP contribution in [0.3, 0.4) is 0 Å². The monoisotopic (exact) mass is 365 g/mol. The molecule has 132 valence electrons. The van der Waals surface area contributed by atoms with Crippen molar-refractivity contribution in [1.82, 2.24) is 25.5 Å². The Morgan fingerprint density at radius 1 is 1.15 bits per heavy atom. The second-order valence-corrected chi connectivity index (χ2v) is 7.42. The van der Waals surface area contributed by atoms with Gasteiger partial charge in [-0.2, -0.15) is 4.68 Å². The van der Waals surface area contributed by atoms with Crippen LogP contribution in [0.25, 0.3) is 5.69 Å². The average Bonchev–Trinajstić information content (AvgIpc) is 3.35. The Labute approximate surface area is 156 Å². The van der Waals surface area contributed by atoms with Gasteiger partial charge in [-0.05, 0) is 47.4 Å². The zero-order valence-corrected chi connectivity index (χ0v) is 15.2. The molecule has 1 N–H and O–H groups in total. The summed E-state index contributed by atoms with van der Waals surface area (Å²) in [6, 6.07) is 18.0. The van der Waals surface area contributed by atoms with Crippen LogP contribution in [-0.2, 0) is 4.79 Å². The molecule has 0 spiro atoms. The molecule has 1 amide bonds. The number of carbonyl (C=O) groups excluding carboxylic acids is 1. The molecular formula is C19H19N5OS. The van der Waals surface area contributed by atoms with E-state index >= 15 is 0 Å². The number of aryl methyl sites for hydroxylation is 1. The van der Waals surface area contributed by atoms with Gasteiger partial charge < -0.3 is 5.32 Å². The van der Waals surface area contributed by atoms with Crippen LogP contribution < -0.4 is 5.32 Å². The van der Waals surface area contributed by atoms with Gasteiger partial charge in [0.1, 0.15) is 5.25 Å². The third kappa shape index (κ3) is 3.62. The number of thioether (sulfide) groups is 1. The number of nitrogens with one attached hydrogen (secondary N) is 1. The molecule has 0 unspecified atom stereocenters. The Morgan fingerprint density at radius 3 is 2.62 bits per heavy atom. The topological polar surface area (TPSA) is 72.7 Å². The summed E-state index contributed by atoms with van der Waals surface area (Å²) in [7, 11) is 0. The highest BCUT2D eigenvalue weighted by molar-refractivity contribution is 8.00. The van der Waals surface area contributed by atoms with E-state index in [2.05, 4.69) is 20.8 Å². The molecule has 1 saturated carbocycles. The van der Waals surface area contributed by atoms with Crippen molar-refractivity contribution < 1.29 is 4.79 Å². The number of hydrogen-bond acceptors (Lipinski definition) is 5. The minimum Gasteiger partial charge on any atom is -0.352 e. The summed E-state index contributed by atoms with van der Waals surface area (Å²) in [6.07, 6.45) is 2.11. The van der Waals surface area contributed by atoms with Crippen molar-refractivity contribution in [2.45, 2.75) is 36.2 Å². The van der Waals surface area contributed by atoms with Gasteiger partial charge in [-0.1, -0.05) is 60.3 Å². The molecule has 26 heavy (non-hydrogen) atoms. The Hall–Kier alpha value is -2.67. The van der Waals surface area contributed by atoms with E-state index < -0.39 is 5.25 Å². The number of hydrogen-bond donors (Lipinski definition) is 1. The van der Waals surface area contributed by atoms with E-state index in [1.54, 1.807) is 4.68 Å². The van der Waals surface area contributed by atoms with Crippen molar-refractivity contribution in [3.63, 3.8) is 0 Å². The van der Waals surface area contributed by atoms with Gasteiger partial charge in [-0.3, -0.25) is 4.79 Å². The number of para-hydroxylation sites is 1. The van der Waals surface area contributed by atoms with Gasteiger partial charge in [-0.15, -0.1) is 5.10 Å². The molecule has 0 saturated heterocycles. The fourth-order valence-corrected chi connectivity index (χ4v) is 3.71. The Bertz CT molecular complexity index is 907. The number of amides is 1.